The maximum Gasteiger partial charge on any atom is 0.257 e. The number of aromatic amines is 1. The van der Waals surface area contributed by atoms with Crippen molar-refractivity contribution in [2.45, 2.75) is 0 Å². The molecule has 0 bridgehead atoms. The summed E-state index contributed by atoms with van der Waals surface area (Å²) >= 11 is 0. The zero-order valence-corrected chi connectivity index (χ0v) is 8.18. The third kappa shape index (κ3) is 2.23. The highest BCUT2D eigenvalue weighted by molar-refractivity contribution is 5.08. The molecule has 0 saturated heterocycles. The van der Waals surface area contributed by atoms with Gasteiger partial charge in [-0.1, -0.05) is 48.5 Å². The summed E-state index contributed by atoms with van der Waals surface area (Å²) in [7, 11) is 0. The molecule has 2 heteroatoms. The number of hydrogen-bond acceptors (Lipinski definition) is 1. The molecule has 1 aliphatic heterocycles. The van der Waals surface area contributed by atoms with E-state index in [0.29, 0.717) is 0 Å². The maximum absolute atomic E-state index is 11.2. The molecule has 0 aromatic rings. The van der Waals surface area contributed by atoms with E-state index in [0.717, 1.165) is 10.6 Å². The standard InChI is InChI=1S/C13H11NO/c15-13-11-9-7-5-3-1-2-4-6-8-10-12(11)14-13/h1-10H,(H,14,15). The molecule has 0 unspecified atom stereocenters. The van der Waals surface area contributed by atoms with Crippen molar-refractivity contribution in [1.82, 2.24) is 4.98 Å². The van der Waals surface area contributed by atoms with E-state index in [1.54, 1.807) is 0 Å². The SMILES string of the molecule is O=c1[nH]c2ccccccccccc1=2. The van der Waals surface area contributed by atoms with Crippen LogP contribution in [0.4, 0.5) is 0 Å². The third-order valence-corrected chi connectivity index (χ3v) is 2.09. The average molecular weight is 197 g/mol. The van der Waals surface area contributed by atoms with Gasteiger partial charge in [0, 0.05) is 0 Å². The Hall–Kier alpha value is -2.09. The zero-order chi connectivity index (χ0) is 10.5. The first-order valence-electron chi connectivity index (χ1n) is 4.78. The lowest BCUT2D eigenvalue weighted by molar-refractivity contribution is 1.08. The Morgan fingerprint density at radius 2 is 1.27 bits per heavy atom. The Kier molecular flexibility index (Phi) is 2.79. The average Bonchev–Trinajstić information content (AvgIpc) is 2.22. The molecule has 74 valence electrons. The highest BCUT2D eigenvalue weighted by Crippen LogP contribution is 1.88. The van der Waals surface area contributed by atoms with Gasteiger partial charge in [-0.3, -0.25) is 4.79 Å². The van der Waals surface area contributed by atoms with Gasteiger partial charge in [-0.05, 0) is 12.1 Å². The Morgan fingerprint density at radius 3 is 1.87 bits per heavy atom. The lowest BCUT2D eigenvalue weighted by Crippen LogP contribution is -2.13. The van der Waals surface area contributed by atoms with Crippen molar-refractivity contribution in [2.75, 3.05) is 0 Å². The van der Waals surface area contributed by atoms with Crippen LogP contribution in [0.25, 0.3) is 0 Å². The smallest absolute Gasteiger partial charge is 0.257 e. The number of nitrogens with one attached hydrogen (secondary N) is 1. The summed E-state index contributed by atoms with van der Waals surface area (Å²) in [6.07, 6.45) is 0. The molecule has 0 amide bonds. The Bertz CT molecular complexity index is 614. The second-order valence-corrected chi connectivity index (χ2v) is 3.15. The van der Waals surface area contributed by atoms with Crippen LogP contribution in [0.3, 0.4) is 0 Å². The second-order valence-electron chi connectivity index (χ2n) is 3.15. The van der Waals surface area contributed by atoms with E-state index in [4.69, 9.17) is 0 Å². The molecule has 0 radical (unpaired) electrons. The van der Waals surface area contributed by atoms with Crippen molar-refractivity contribution in [3.63, 3.8) is 0 Å². The van der Waals surface area contributed by atoms with Gasteiger partial charge in [-0.2, -0.15) is 0 Å². The minimum Gasteiger partial charge on any atom is -0.321 e. The normalized spacial score (nSPS) is 9.60. The highest BCUT2D eigenvalue weighted by atomic mass is 16.1. The molecule has 15 heavy (non-hydrogen) atoms. The summed E-state index contributed by atoms with van der Waals surface area (Å²) in [5.41, 5.74) is -0.0177. The minimum atomic E-state index is -0.0177. The van der Waals surface area contributed by atoms with Crippen LogP contribution in [0.5, 0.6) is 0 Å². The van der Waals surface area contributed by atoms with E-state index < -0.39 is 0 Å². The van der Waals surface area contributed by atoms with Crippen LogP contribution < -0.4 is 5.56 Å². The molecule has 0 atom stereocenters. The lowest BCUT2D eigenvalue weighted by atomic mass is 10.3. The van der Waals surface area contributed by atoms with Crippen LogP contribution >= 0.6 is 0 Å². The first kappa shape index (κ1) is 9.46. The van der Waals surface area contributed by atoms with Crippen molar-refractivity contribution >= 4 is 0 Å². The fraction of sp³-hybridized carbons (Fsp3) is 0. The summed E-state index contributed by atoms with van der Waals surface area (Å²) in [4.78, 5) is 13.9. The van der Waals surface area contributed by atoms with Crippen molar-refractivity contribution in [2.24, 2.45) is 0 Å². The fourth-order valence-corrected chi connectivity index (χ4v) is 1.30. The van der Waals surface area contributed by atoms with Crippen molar-refractivity contribution in [3.8, 4) is 0 Å². The molecule has 1 heterocycles. The van der Waals surface area contributed by atoms with E-state index in [2.05, 4.69) is 4.98 Å². The fourth-order valence-electron chi connectivity index (χ4n) is 1.30. The van der Waals surface area contributed by atoms with Crippen LogP contribution in [-0.4, -0.2) is 4.98 Å². The quantitative estimate of drug-likeness (QED) is 0.690. The molecule has 2 rings (SSSR count). The molecule has 0 aromatic heterocycles. The summed E-state index contributed by atoms with van der Waals surface area (Å²) in [5, 5.41) is 1.60. The summed E-state index contributed by atoms with van der Waals surface area (Å²) in [5.74, 6) is 0. The predicted molar refractivity (Wildman–Crippen MR) is 60.0 cm³/mol. The van der Waals surface area contributed by atoms with E-state index in [1.165, 1.54) is 0 Å². The minimum absolute atomic E-state index is 0.0177. The van der Waals surface area contributed by atoms with E-state index in [1.807, 2.05) is 60.7 Å². The molecule has 0 fully saturated rings. The molecular formula is C13H11NO. The van der Waals surface area contributed by atoms with Crippen molar-refractivity contribution in [3.05, 3.63) is 81.6 Å². The molecule has 0 saturated carbocycles. The van der Waals surface area contributed by atoms with Gasteiger partial charge < -0.3 is 4.98 Å². The summed E-state index contributed by atoms with van der Waals surface area (Å²) in [6, 6.07) is 19.0. The molecule has 0 spiro atoms. The number of H-pyrrole nitrogens is 1. The summed E-state index contributed by atoms with van der Waals surface area (Å²) in [6.45, 7) is 0. The van der Waals surface area contributed by atoms with E-state index in [9.17, 15) is 4.79 Å². The maximum atomic E-state index is 11.2. The lowest BCUT2D eigenvalue weighted by Gasteiger charge is -1.90. The molecule has 1 N–H and O–H groups in total. The zero-order valence-electron chi connectivity index (χ0n) is 8.18. The van der Waals surface area contributed by atoms with Gasteiger partial charge in [0.05, 0.1) is 10.6 Å². The molecule has 0 aromatic carbocycles. The topological polar surface area (TPSA) is 32.9 Å². The molecule has 2 nitrogen and oxygen atoms in total. The van der Waals surface area contributed by atoms with Crippen LogP contribution in [-0.2, 0) is 0 Å². The Labute approximate surface area is 87.2 Å². The van der Waals surface area contributed by atoms with Gasteiger partial charge in [0.2, 0.25) is 0 Å². The van der Waals surface area contributed by atoms with Crippen LogP contribution in [0, 0.1) is 10.6 Å². The first-order chi connectivity index (χ1) is 7.38. The number of hydrogen-bond donors (Lipinski definition) is 1. The molecule has 2 aliphatic rings. The van der Waals surface area contributed by atoms with E-state index in [-0.39, 0.29) is 5.56 Å². The van der Waals surface area contributed by atoms with Gasteiger partial charge in [-0.15, -0.1) is 0 Å². The van der Waals surface area contributed by atoms with Gasteiger partial charge in [0.15, 0.2) is 0 Å². The van der Waals surface area contributed by atoms with Gasteiger partial charge in [0.25, 0.3) is 5.56 Å². The Morgan fingerprint density at radius 1 is 0.733 bits per heavy atom. The van der Waals surface area contributed by atoms with Gasteiger partial charge >= 0.3 is 0 Å². The monoisotopic (exact) mass is 197 g/mol. The highest BCUT2D eigenvalue weighted by Gasteiger charge is 1.92. The van der Waals surface area contributed by atoms with Gasteiger partial charge in [0.1, 0.15) is 0 Å². The molecular weight excluding hydrogens is 186 g/mol. The third-order valence-electron chi connectivity index (χ3n) is 2.09. The van der Waals surface area contributed by atoms with E-state index >= 15 is 0 Å². The number of aromatic nitrogens is 1. The molecule has 1 aliphatic carbocycles. The van der Waals surface area contributed by atoms with Gasteiger partial charge in [-0.25, -0.2) is 0 Å². The predicted octanol–water partition coefficient (Wildman–Crippen LogP) is 2.22. The second kappa shape index (κ2) is 4.42. The largest absolute Gasteiger partial charge is 0.321 e. The van der Waals surface area contributed by atoms with Crippen LogP contribution in [0.1, 0.15) is 0 Å². The van der Waals surface area contributed by atoms with Crippen LogP contribution in [0.15, 0.2) is 65.5 Å². The Balaban J connectivity index is 2.73. The first-order valence-corrected chi connectivity index (χ1v) is 4.78. The van der Waals surface area contributed by atoms with Crippen molar-refractivity contribution < 1.29 is 0 Å². The van der Waals surface area contributed by atoms with Crippen LogP contribution in [0.2, 0.25) is 0 Å². The summed E-state index contributed by atoms with van der Waals surface area (Å²) < 4.78 is 0. The van der Waals surface area contributed by atoms with Crippen molar-refractivity contribution in [1.29, 1.82) is 0 Å². The number of rotatable bonds is 0.